The number of aliphatic hydroxyl groups is 1. The Balaban J connectivity index is 2.73. The Morgan fingerprint density at radius 3 is 3.06 bits per heavy atom. The highest BCUT2D eigenvalue weighted by Crippen LogP contribution is 2.21. The summed E-state index contributed by atoms with van der Waals surface area (Å²) in [5.41, 5.74) is 6.56. The van der Waals surface area contributed by atoms with Gasteiger partial charge in [-0.15, -0.1) is 0 Å². The van der Waals surface area contributed by atoms with Gasteiger partial charge in [0.25, 0.3) is 0 Å². The van der Waals surface area contributed by atoms with E-state index in [2.05, 4.69) is 9.97 Å². The number of hydrogen-bond donors (Lipinski definition) is 2. The molecule has 0 spiro atoms. The summed E-state index contributed by atoms with van der Waals surface area (Å²) < 4.78 is 1.72. The van der Waals surface area contributed by atoms with Crippen molar-refractivity contribution in [1.82, 2.24) is 14.5 Å². The first kappa shape index (κ1) is 10.6. The molecule has 0 aromatic carbocycles. The molecule has 6 nitrogen and oxygen atoms in total. The maximum absolute atomic E-state index is 10.9. The van der Waals surface area contributed by atoms with Crippen molar-refractivity contribution < 1.29 is 9.90 Å². The van der Waals surface area contributed by atoms with E-state index in [4.69, 9.17) is 10.8 Å². The summed E-state index contributed by atoms with van der Waals surface area (Å²) in [7, 11) is 0. The number of nitrogens with two attached hydrogens (primary N) is 1. The van der Waals surface area contributed by atoms with E-state index < -0.39 is 0 Å². The molecule has 84 valence electrons. The third kappa shape index (κ3) is 1.53. The number of hydrogen-bond acceptors (Lipinski definition) is 5. The highest BCUT2D eigenvalue weighted by molar-refractivity contribution is 5.95. The summed E-state index contributed by atoms with van der Waals surface area (Å²) in [5, 5.41) is 9.76. The monoisotopic (exact) mass is 220 g/mol. The van der Waals surface area contributed by atoms with E-state index in [1.165, 1.54) is 6.20 Å². The molecule has 6 heteroatoms. The van der Waals surface area contributed by atoms with Crippen molar-refractivity contribution in [3.8, 4) is 0 Å². The van der Waals surface area contributed by atoms with Crippen LogP contribution in [-0.2, 0) is 0 Å². The summed E-state index contributed by atoms with van der Waals surface area (Å²) in [6, 6.07) is -0.162. The lowest BCUT2D eigenvalue weighted by Crippen LogP contribution is -2.09. The quantitative estimate of drug-likeness (QED) is 0.729. The molecule has 2 rings (SSSR count). The zero-order chi connectivity index (χ0) is 11.7. The fraction of sp³-hybridized carbons (Fsp3) is 0.300. The van der Waals surface area contributed by atoms with Crippen LogP contribution in [0.15, 0.2) is 12.4 Å². The smallest absolute Gasteiger partial charge is 0.221 e. The summed E-state index contributed by atoms with van der Waals surface area (Å²) in [6.07, 6.45) is 3.90. The number of aromatic nitrogens is 3. The normalized spacial score (nSPS) is 12.9. The van der Waals surface area contributed by atoms with Gasteiger partial charge in [-0.05, 0) is 6.92 Å². The molecule has 0 radical (unpaired) electrons. The van der Waals surface area contributed by atoms with Crippen LogP contribution in [0.3, 0.4) is 0 Å². The van der Waals surface area contributed by atoms with Crippen LogP contribution in [-0.4, -0.2) is 32.5 Å². The van der Waals surface area contributed by atoms with Gasteiger partial charge in [0, 0.05) is 23.3 Å². The number of aliphatic hydroxyl groups excluding tert-OH is 1. The minimum Gasteiger partial charge on any atom is -0.394 e. The summed E-state index contributed by atoms with van der Waals surface area (Å²) in [5.74, 6) is 0.148. The molecule has 2 heterocycles. The van der Waals surface area contributed by atoms with Crippen molar-refractivity contribution in [3.63, 3.8) is 0 Å². The highest BCUT2D eigenvalue weighted by atomic mass is 16.3. The molecule has 0 aliphatic rings. The molecule has 0 aliphatic heterocycles. The van der Waals surface area contributed by atoms with Crippen LogP contribution >= 0.6 is 0 Å². The molecular weight excluding hydrogens is 208 g/mol. The number of anilines is 1. The highest BCUT2D eigenvalue weighted by Gasteiger charge is 2.13. The van der Waals surface area contributed by atoms with Crippen LogP contribution in [0.4, 0.5) is 5.95 Å². The lowest BCUT2D eigenvalue weighted by Gasteiger charge is -2.10. The van der Waals surface area contributed by atoms with Gasteiger partial charge in [0.05, 0.1) is 12.6 Å². The van der Waals surface area contributed by atoms with E-state index in [-0.39, 0.29) is 18.6 Å². The van der Waals surface area contributed by atoms with E-state index in [1.54, 1.807) is 10.8 Å². The molecule has 0 saturated carbocycles. The Kier molecular flexibility index (Phi) is 2.57. The van der Waals surface area contributed by atoms with Crippen LogP contribution in [0.5, 0.6) is 0 Å². The molecule has 0 amide bonds. The second-order valence-corrected chi connectivity index (χ2v) is 3.61. The molecule has 3 N–H and O–H groups in total. The first-order valence-corrected chi connectivity index (χ1v) is 4.86. The summed E-state index contributed by atoms with van der Waals surface area (Å²) >= 11 is 0. The van der Waals surface area contributed by atoms with Gasteiger partial charge in [0.15, 0.2) is 6.29 Å². The van der Waals surface area contributed by atoms with Crippen LogP contribution in [0.2, 0.25) is 0 Å². The van der Waals surface area contributed by atoms with Crippen molar-refractivity contribution in [2.24, 2.45) is 0 Å². The Morgan fingerprint density at radius 1 is 1.69 bits per heavy atom. The minimum atomic E-state index is -0.162. The molecule has 0 aliphatic carbocycles. The maximum Gasteiger partial charge on any atom is 0.221 e. The van der Waals surface area contributed by atoms with Gasteiger partial charge >= 0.3 is 0 Å². The topological polar surface area (TPSA) is 94.0 Å². The van der Waals surface area contributed by atoms with E-state index in [9.17, 15) is 4.79 Å². The van der Waals surface area contributed by atoms with E-state index >= 15 is 0 Å². The third-order valence-corrected chi connectivity index (χ3v) is 2.49. The fourth-order valence-corrected chi connectivity index (χ4v) is 1.58. The minimum absolute atomic E-state index is 0.0357. The average Bonchev–Trinajstić information content (AvgIpc) is 2.66. The second-order valence-electron chi connectivity index (χ2n) is 3.61. The Labute approximate surface area is 91.7 Å². The zero-order valence-corrected chi connectivity index (χ0v) is 8.79. The van der Waals surface area contributed by atoms with Gasteiger partial charge in [0.1, 0.15) is 5.65 Å². The van der Waals surface area contributed by atoms with Gasteiger partial charge < -0.3 is 15.4 Å². The van der Waals surface area contributed by atoms with Crippen LogP contribution in [0.25, 0.3) is 11.0 Å². The summed E-state index contributed by atoms with van der Waals surface area (Å²) in [4.78, 5) is 18.8. The molecule has 1 unspecified atom stereocenters. The van der Waals surface area contributed by atoms with Gasteiger partial charge in [-0.2, -0.15) is 4.98 Å². The number of aldehydes is 1. The van der Waals surface area contributed by atoms with Gasteiger partial charge in [-0.3, -0.25) is 4.79 Å². The number of nitrogen functional groups attached to an aromatic ring is 1. The molecule has 2 aromatic heterocycles. The maximum atomic E-state index is 10.9. The van der Waals surface area contributed by atoms with E-state index in [1.807, 2.05) is 6.92 Å². The SMILES string of the molecule is CC(CO)n1cc(C=O)c2cnc(N)nc21. The standard InChI is InChI=1S/C10H12N4O2/c1-6(4-15)14-3-7(5-16)8-2-12-10(11)13-9(8)14/h2-3,5-6,15H,4H2,1H3,(H2,11,12,13). The number of rotatable bonds is 3. The van der Waals surface area contributed by atoms with Gasteiger partial charge in [0.2, 0.25) is 5.95 Å². The number of nitrogens with zero attached hydrogens (tertiary/aromatic N) is 3. The lowest BCUT2D eigenvalue weighted by atomic mass is 10.3. The molecule has 0 bridgehead atoms. The molecule has 2 aromatic rings. The largest absolute Gasteiger partial charge is 0.394 e. The molecular formula is C10H12N4O2. The van der Waals surface area contributed by atoms with Gasteiger partial charge in [-0.1, -0.05) is 0 Å². The number of carbonyl (C=O) groups excluding carboxylic acids is 1. The van der Waals surface area contributed by atoms with Crippen molar-refractivity contribution in [2.75, 3.05) is 12.3 Å². The predicted molar refractivity (Wildman–Crippen MR) is 59.1 cm³/mol. The first-order valence-electron chi connectivity index (χ1n) is 4.86. The Bertz CT molecular complexity index is 535. The summed E-state index contributed by atoms with van der Waals surface area (Å²) in [6.45, 7) is 1.79. The van der Waals surface area contributed by atoms with E-state index in [0.717, 1.165) is 6.29 Å². The first-order chi connectivity index (χ1) is 7.67. The molecule has 1 atom stereocenters. The number of carbonyl (C=O) groups is 1. The Morgan fingerprint density at radius 2 is 2.44 bits per heavy atom. The third-order valence-electron chi connectivity index (χ3n) is 2.49. The molecule has 0 saturated heterocycles. The van der Waals surface area contributed by atoms with Crippen molar-refractivity contribution >= 4 is 23.3 Å². The average molecular weight is 220 g/mol. The van der Waals surface area contributed by atoms with Crippen molar-refractivity contribution in [2.45, 2.75) is 13.0 Å². The van der Waals surface area contributed by atoms with Crippen molar-refractivity contribution in [1.29, 1.82) is 0 Å². The van der Waals surface area contributed by atoms with E-state index in [0.29, 0.717) is 16.6 Å². The molecule has 0 fully saturated rings. The van der Waals surface area contributed by atoms with Crippen LogP contribution < -0.4 is 5.73 Å². The predicted octanol–water partition coefficient (Wildman–Crippen LogP) is 0.379. The van der Waals surface area contributed by atoms with Crippen molar-refractivity contribution in [3.05, 3.63) is 18.0 Å². The van der Waals surface area contributed by atoms with Gasteiger partial charge in [-0.25, -0.2) is 4.98 Å². The Hall–Kier alpha value is -1.95. The molecule has 16 heavy (non-hydrogen) atoms. The van der Waals surface area contributed by atoms with Crippen LogP contribution in [0.1, 0.15) is 23.3 Å². The second kappa shape index (κ2) is 3.90. The fourth-order valence-electron chi connectivity index (χ4n) is 1.58. The zero-order valence-electron chi connectivity index (χ0n) is 8.79. The van der Waals surface area contributed by atoms with Crippen LogP contribution in [0, 0.1) is 0 Å². The lowest BCUT2D eigenvalue weighted by molar-refractivity contribution is 0.112. The number of fused-ring (bicyclic) bond motifs is 1.